The smallest absolute Gasteiger partial charge is 0.237 e. The summed E-state index contributed by atoms with van der Waals surface area (Å²) in [6.45, 7) is 7.68. The number of amides is 1. The van der Waals surface area contributed by atoms with E-state index < -0.39 is 0 Å². The summed E-state index contributed by atoms with van der Waals surface area (Å²) in [4.78, 5) is 15.6. The van der Waals surface area contributed by atoms with Crippen LogP contribution < -0.4 is 10.6 Å². The van der Waals surface area contributed by atoms with Crippen LogP contribution in [0.3, 0.4) is 0 Å². The van der Waals surface area contributed by atoms with Gasteiger partial charge < -0.3 is 15.2 Å². The molecule has 1 aromatic rings. The van der Waals surface area contributed by atoms with E-state index in [9.17, 15) is 4.79 Å². The molecule has 5 heteroatoms. The van der Waals surface area contributed by atoms with Gasteiger partial charge in [-0.2, -0.15) is 0 Å². The third-order valence-electron chi connectivity index (χ3n) is 2.68. The van der Waals surface area contributed by atoms with Crippen LogP contribution in [0, 0.1) is 0 Å². The fourth-order valence-corrected chi connectivity index (χ4v) is 1.66. The molecule has 0 spiro atoms. The second kappa shape index (κ2) is 7.87. The van der Waals surface area contributed by atoms with Gasteiger partial charge in [-0.1, -0.05) is 0 Å². The molecule has 1 atom stereocenters. The lowest BCUT2D eigenvalue weighted by atomic mass is 10.2. The van der Waals surface area contributed by atoms with Crippen molar-refractivity contribution in [2.75, 3.05) is 6.54 Å². The minimum atomic E-state index is -0.124. The summed E-state index contributed by atoms with van der Waals surface area (Å²) >= 11 is 0. The lowest BCUT2D eigenvalue weighted by Gasteiger charge is -2.15. The molecule has 0 bridgehead atoms. The molecule has 0 fully saturated rings. The van der Waals surface area contributed by atoms with Gasteiger partial charge in [-0.05, 0) is 40.2 Å². The zero-order chi connectivity index (χ0) is 13.4. The fourth-order valence-electron chi connectivity index (χ4n) is 1.66. The van der Waals surface area contributed by atoms with Gasteiger partial charge in [0.1, 0.15) is 0 Å². The number of rotatable bonds is 8. The Morgan fingerprint density at radius 2 is 2.11 bits per heavy atom. The van der Waals surface area contributed by atoms with Crippen LogP contribution in [0.25, 0.3) is 0 Å². The third kappa shape index (κ3) is 5.82. The standard InChI is InChI=1S/C13H24N4O/c1-11(2)16-13(18)12(3)15-6-4-5-8-17-9-7-14-10-17/h7,9-12,15H,4-6,8H2,1-3H3,(H,16,18). The quantitative estimate of drug-likeness (QED) is 0.683. The van der Waals surface area contributed by atoms with Gasteiger partial charge in [0.2, 0.25) is 5.91 Å². The Kier molecular flexibility index (Phi) is 6.43. The molecule has 0 aliphatic heterocycles. The highest BCUT2D eigenvalue weighted by Gasteiger charge is 2.11. The van der Waals surface area contributed by atoms with Crippen LogP contribution >= 0.6 is 0 Å². The number of hydrogen-bond acceptors (Lipinski definition) is 3. The van der Waals surface area contributed by atoms with Crippen molar-refractivity contribution >= 4 is 5.91 Å². The largest absolute Gasteiger partial charge is 0.353 e. The molecule has 102 valence electrons. The lowest BCUT2D eigenvalue weighted by molar-refractivity contribution is -0.123. The van der Waals surface area contributed by atoms with Gasteiger partial charge in [-0.15, -0.1) is 0 Å². The van der Waals surface area contributed by atoms with Gasteiger partial charge in [-0.3, -0.25) is 4.79 Å². The summed E-state index contributed by atoms with van der Waals surface area (Å²) in [7, 11) is 0. The molecule has 1 aromatic heterocycles. The summed E-state index contributed by atoms with van der Waals surface area (Å²) in [6.07, 6.45) is 7.72. The van der Waals surface area contributed by atoms with Crippen LogP contribution in [0.5, 0.6) is 0 Å². The van der Waals surface area contributed by atoms with E-state index in [0.717, 1.165) is 25.9 Å². The molecule has 1 heterocycles. The van der Waals surface area contributed by atoms with Crippen molar-refractivity contribution in [3.8, 4) is 0 Å². The molecular formula is C13H24N4O. The fraction of sp³-hybridized carbons (Fsp3) is 0.692. The van der Waals surface area contributed by atoms with E-state index in [1.54, 1.807) is 6.20 Å². The third-order valence-corrected chi connectivity index (χ3v) is 2.68. The molecule has 18 heavy (non-hydrogen) atoms. The highest BCUT2D eigenvalue weighted by atomic mass is 16.2. The number of carbonyl (C=O) groups excluding carboxylic acids is 1. The summed E-state index contributed by atoms with van der Waals surface area (Å²) < 4.78 is 2.06. The molecule has 2 N–H and O–H groups in total. The molecular weight excluding hydrogens is 228 g/mol. The molecule has 0 aliphatic carbocycles. The first-order chi connectivity index (χ1) is 8.59. The lowest BCUT2D eigenvalue weighted by Crippen LogP contribution is -2.44. The van der Waals surface area contributed by atoms with E-state index in [4.69, 9.17) is 0 Å². The van der Waals surface area contributed by atoms with E-state index >= 15 is 0 Å². The van der Waals surface area contributed by atoms with Gasteiger partial charge in [0.25, 0.3) is 0 Å². The van der Waals surface area contributed by atoms with Gasteiger partial charge in [-0.25, -0.2) is 4.98 Å². The van der Waals surface area contributed by atoms with Crippen molar-refractivity contribution < 1.29 is 4.79 Å². The topological polar surface area (TPSA) is 59.0 Å². The first kappa shape index (κ1) is 14.7. The molecule has 1 unspecified atom stereocenters. The molecule has 0 aromatic carbocycles. The predicted octanol–water partition coefficient (Wildman–Crippen LogP) is 1.17. The normalized spacial score (nSPS) is 12.7. The molecule has 5 nitrogen and oxygen atoms in total. The molecule has 1 rings (SSSR count). The van der Waals surface area contributed by atoms with Gasteiger partial charge in [0, 0.05) is 25.0 Å². The van der Waals surface area contributed by atoms with Crippen LogP contribution in [0.2, 0.25) is 0 Å². The van der Waals surface area contributed by atoms with Crippen LogP contribution in [0.1, 0.15) is 33.6 Å². The first-order valence-electron chi connectivity index (χ1n) is 6.59. The average Bonchev–Trinajstić information content (AvgIpc) is 2.80. The van der Waals surface area contributed by atoms with Crippen molar-refractivity contribution in [3.05, 3.63) is 18.7 Å². The molecule has 1 amide bonds. The Hall–Kier alpha value is -1.36. The number of imidazole rings is 1. The van der Waals surface area contributed by atoms with Crippen molar-refractivity contribution in [2.45, 2.75) is 52.2 Å². The number of nitrogens with one attached hydrogen (secondary N) is 2. The van der Waals surface area contributed by atoms with Crippen LogP contribution in [-0.4, -0.2) is 34.1 Å². The molecule has 0 saturated carbocycles. The molecule has 0 radical (unpaired) electrons. The SMILES string of the molecule is CC(C)NC(=O)C(C)NCCCCn1ccnc1. The van der Waals surface area contributed by atoms with E-state index in [-0.39, 0.29) is 18.0 Å². The monoisotopic (exact) mass is 252 g/mol. The van der Waals surface area contributed by atoms with Crippen molar-refractivity contribution in [1.82, 2.24) is 20.2 Å². The van der Waals surface area contributed by atoms with E-state index in [1.807, 2.05) is 33.3 Å². The second-order valence-corrected chi connectivity index (χ2v) is 4.85. The maximum absolute atomic E-state index is 11.6. The summed E-state index contributed by atoms with van der Waals surface area (Å²) in [5.74, 6) is 0.0691. The Morgan fingerprint density at radius 1 is 1.33 bits per heavy atom. The van der Waals surface area contributed by atoms with Gasteiger partial charge >= 0.3 is 0 Å². The second-order valence-electron chi connectivity index (χ2n) is 4.85. The Labute approximate surface area is 109 Å². The van der Waals surface area contributed by atoms with Gasteiger partial charge in [0.05, 0.1) is 12.4 Å². The van der Waals surface area contributed by atoms with Crippen molar-refractivity contribution in [3.63, 3.8) is 0 Å². The highest BCUT2D eigenvalue weighted by molar-refractivity contribution is 5.81. The highest BCUT2D eigenvalue weighted by Crippen LogP contribution is 1.95. The van der Waals surface area contributed by atoms with Crippen LogP contribution in [-0.2, 0) is 11.3 Å². The maximum Gasteiger partial charge on any atom is 0.237 e. The number of aryl methyl sites for hydroxylation is 1. The summed E-state index contributed by atoms with van der Waals surface area (Å²) in [5, 5.41) is 6.12. The number of hydrogen-bond donors (Lipinski definition) is 2. The average molecular weight is 252 g/mol. The Morgan fingerprint density at radius 3 is 2.72 bits per heavy atom. The number of carbonyl (C=O) groups is 1. The Balaban J connectivity index is 2.05. The number of nitrogens with zero attached hydrogens (tertiary/aromatic N) is 2. The van der Waals surface area contributed by atoms with E-state index in [0.29, 0.717) is 0 Å². The minimum absolute atomic E-state index is 0.0691. The number of unbranched alkanes of at least 4 members (excludes halogenated alkanes) is 1. The zero-order valence-electron chi connectivity index (χ0n) is 11.5. The van der Waals surface area contributed by atoms with Crippen LogP contribution in [0.15, 0.2) is 18.7 Å². The van der Waals surface area contributed by atoms with Crippen molar-refractivity contribution in [1.29, 1.82) is 0 Å². The number of aromatic nitrogens is 2. The van der Waals surface area contributed by atoms with Crippen molar-refractivity contribution in [2.24, 2.45) is 0 Å². The van der Waals surface area contributed by atoms with E-state index in [2.05, 4.69) is 20.2 Å². The summed E-state index contributed by atoms with van der Waals surface area (Å²) in [6, 6.07) is 0.0728. The summed E-state index contributed by atoms with van der Waals surface area (Å²) in [5.41, 5.74) is 0. The molecule has 0 aliphatic rings. The zero-order valence-corrected chi connectivity index (χ0v) is 11.5. The van der Waals surface area contributed by atoms with E-state index in [1.165, 1.54) is 0 Å². The van der Waals surface area contributed by atoms with Crippen LogP contribution in [0.4, 0.5) is 0 Å². The van der Waals surface area contributed by atoms with Gasteiger partial charge in [0.15, 0.2) is 0 Å². The predicted molar refractivity (Wildman–Crippen MR) is 72.2 cm³/mol. The Bertz CT molecular complexity index is 335. The molecule has 0 saturated heterocycles. The first-order valence-corrected chi connectivity index (χ1v) is 6.59. The minimum Gasteiger partial charge on any atom is -0.353 e. The maximum atomic E-state index is 11.6.